The lowest BCUT2D eigenvalue weighted by Crippen LogP contribution is -2.44. The van der Waals surface area contributed by atoms with Crippen LogP contribution in [0.1, 0.15) is 27.0 Å². The van der Waals surface area contributed by atoms with Crippen LogP contribution in [-0.4, -0.2) is 55.5 Å². The molecule has 0 bridgehead atoms. The molecule has 3 heterocycles. The molecule has 0 saturated carbocycles. The summed E-state index contributed by atoms with van der Waals surface area (Å²) in [6, 6.07) is 9.05. The average molecular weight is 467 g/mol. The summed E-state index contributed by atoms with van der Waals surface area (Å²) in [5.41, 5.74) is 10.6. The van der Waals surface area contributed by atoms with Gasteiger partial charge in [0, 0.05) is 54.9 Å². The van der Waals surface area contributed by atoms with Gasteiger partial charge in [-0.15, -0.1) is 0 Å². The van der Waals surface area contributed by atoms with Gasteiger partial charge in [0.15, 0.2) is 0 Å². The number of fused-ring (bicyclic) bond motifs is 3. The van der Waals surface area contributed by atoms with Crippen molar-refractivity contribution in [3.63, 3.8) is 0 Å². The number of amides is 1. The third-order valence-electron chi connectivity index (χ3n) is 6.87. The normalized spacial score (nSPS) is 16.8. The van der Waals surface area contributed by atoms with E-state index in [1.54, 1.807) is 23.1 Å². The number of anilines is 2. The van der Waals surface area contributed by atoms with E-state index in [2.05, 4.69) is 29.0 Å². The van der Waals surface area contributed by atoms with Crippen LogP contribution in [0.2, 0.25) is 5.02 Å². The van der Waals surface area contributed by atoms with Crippen molar-refractivity contribution in [2.75, 3.05) is 50.4 Å². The van der Waals surface area contributed by atoms with Crippen molar-refractivity contribution in [2.24, 2.45) is 0 Å². The molecule has 5 rings (SSSR count). The SMILES string of the molecule is Cc1c(N2CCN(C)CC2)ccc2c3c(c(=O)oc12)CN(C(=O)c1ccc(N)c(Cl)c1)CC3. The summed E-state index contributed by atoms with van der Waals surface area (Å²) in [6.45, 7) is 6.67. The molecule has 2 aromatic carbocycles. The number of carbonyl (C=O) groups excluding carboxylic acids is 1. The quantitative estimate of drug-likeness (QED) is 0.461. The molecule has 0 atom stereocenters. The summed E-state index contributed by atoms with van der Waals surface area (Å²) in [5.74, 6) is -0.177. The van der Waals surface area contributed by atoms with Crippen molar-refractivity contribution in [3.8, 4) is 0 Å². The molecular formula is C25H27ClN4O3. The largest absolute Gasteiger partial charge is 0.422 e. The predicted octanol–water partition coefficient (Wildman–Crippen LogP) is 3.29. The maximum Gasteiger partial charge on any atom is 0.341 e. The molecule has 0 unspecified atom stereocenters. The van der Waals surface area contributed by atoms with E-state index in [1.165, 1.54) is 0 Å². The Kier molecular flexibility index (Phi) is 5.54. The number of hydrogen-bond acceptors (Lipinski definition) is 6. The molecule has 1 fully saturated rings. The van der Waals surface area contributed by atoms with Crippen LogP contribution in [-0.2, 0) is 13.0 Å². The maximum atomic E-state index is 13.0. The number of likely N-dealkylation sites (N-methyl/N-ethyl adjacent to an activating group) is 1. The van der Waals surface area contributed by atoms with Gasteiger partial charge in [0.1, 0.15) is 5.58 Å². The van der Waals surface area contributed by atoms with E-state index in [0.717, 1.165) is 48.4 Å². The van der Waals surface area contributed by atoms with Crippen LogP contribution in [0.3, 0.4) is 0 Å². The number of nitrogens with zero attached hydrogens (tertiary/aromatic N) is 3. The number of aryl methyl sites for hydroxylation is 1. The van der Waals surface area contributed by atoms with Gasteiger partial charge in [-0.05, 0) is 56.3 Å². The minimum atomic E-state index is -0.371. The van der Waals surface area contributed by atoms with Gasteiger partial charge in [-0.25, -0.2) is 4.79 Å². The van der Waals surface area contributed by atoms with Crippen molar-refractivity contribution in [3.05, 3.63) is 68.0 Å². The van der Waals surface area contributed by atoms with Gasteiger partial charge in [-0.2, -0.15) is 0 Å². The van der Waals surface area contributed by atoms with Crippen molar-refractivity contribution >= 4 is 39.9 Å². The zero-order valence-electron chi connectivity index (χ0n) is 18.9. The maximum absolute atomic E-state index is 13.0. The van der Waals surface area contributed by atoms with E-state index in [0.29, 0.717) is 40.4 Å². The summed E-state index contributed by atoms with van der Waals surface area (Å²) in [7, 11) is 2.13. The number of nitrogen functional groups attached to an aromatic ring is 1. The van der Waals surface area contributed by atoms with Gasteiger partial charge < -0.3 is 24.9 Å². The third kappa shape index (κ3) is 3.85. The minimum Gasteiger partial charge on any atom is -0.422 e. The molecule has 2 aliphatic heterocycles. The lowest BCUT2D eigenvalue weighted by molar-refractivity contribution is 0.0733. The van der Waals surface area contributed by atoms with Gasteiger partial charge in [0.05, 0.1) is 22.8 Å². The highest BCUT2D eigenvalue weighted by Gasteiger charge is 2.28. The van der Waals surface area contributed by atoms with Crippen LogP contribution in [0.25, 0.3) is 11.0 Å². The van der Waals surface area contributed by atoms with E-state index < -0.39 is 0 Å². The molecule has 0 radical (unpaired) electrons. The predicted molar refractivity (Wildman–Crippen MR) is 131 cm³/mol. The molecule has 2 aliphatic rings. The summed E-state index contributed by atoms with van der Waals surface area (Å²) in [4.78, 5) is 32.4. The lowest BCUT2D eigenvalue weighted by Gasteiger charge is -2.35. The number of piperazine rings is 1. The number of rotatable bonds is 2. The second kappa shape index (κ2) is 8.39. The number of halogens is 1. The van der Waals surface area contributed by atoms with Gasteiger partial charge in [-0.1, -0.05) is 11.6 Å². The van der Waals surface area contributed by atoms with Crippen LogP contribution in [0, 0.1) is 6.92 Å². The first-order chi connectivity index (χ1) is 15.8. The van der Waals surface area contributed by atoms with E-state index >= 15 is 0 Å². The Morgan fingerprint density at radius 1 is 1.06 bits per heavy atom. The Morgan fingerprint density at radius 3 is 2.55 bits per heavy atom. The molecule has 0 aliphatic carbocycles. The molecule has 3 aromatic rings. The zero-order valence-corrected chi connectivity index (χ0v) is 19.6. The van der Waals surface area contributed by atoms with Crippen molar-refractivity contribution in [1.82, 2.24) is 9.80 Å². The fourth-order valence-corrected chi connectivity index (χ4v) is 5.04. The number of nitrogens with two attached hydrogens (primary N) is 1. The smallest absolute Gasteiger partial charge is 0.341 e. The minimum absolute atomic E-state index is 0.177. The summed E-state index contributed by atoms with van der Waals surface area (Å²) >= 11 is 6.09. The van der Waals surface area contributed by atoms with Crippen molar-refractivity contribution in [2.45, 2.75) is 19.9 Å². The number of hydrogen-bond donors (Lipinski definition) is 1. The van der Waals surface area contributed by atoms with E-state index in [1.807, 2.05) is 6.92 Å². The highest BCUT2D eigenvalue weighted by atomic mass is 35.5. The molecular weight excluding hydrogens is 440 g/mol. The molecule has 172 valence electrons. The molecule has 1 amide bonds. The van der Waals surface area contributed by atoms with Gasteiger partial charge in [0.25, 0.3) is 5.91 Å². The van der Waals surface area contributed by atoms with E-state index in [-0.39, 0.29) is 18.1 Å². The Morgan fingerprint density at radius 2 is 1.82 bits per heavy atom. The average Bonchev–Trinajstić information content (AvgIpc) is 2.82. The van der Waals surface area contributed by atoms with E-state index in [9.17, 15) is 9.59 Å². The summed E-state index contributed by atoms with van der Waals surface area (Å²) in [5, 5.41) is 1.30. The Labute approximate surface area is 197 Å². The molecule has 1 aromatic heterocycles. The number of carbonyl (C=O) groups is 1. The molecule has 8 heteroatoms. The zero-order chi connectivity index (χ0) is 23.3. The first kappa shape index (κ1) is 21.8. The fraction of sp³-hybridized carbons (Fsp3) is 0.360. The van der Waals surface area contributed by atoms with Crippen LogP contribution in [0.15, 0.2) is 39.5 Å². The van der Waals surface area contributed by atoms with Crippen LogP contribution in [0.4, 0.5) is 11.4 Å². The first-order valence-corrected chi connectivity index (χ1v) is 11.6. The molecule has 1 saturated heterocycles. The van der Waals surface area contributed by atoms with Gasteiger partial charge in [0.2, 0.25) is 0 Å². The van der Waals surface area contributed by atoms with Gasteiger partial charge in [-0.3, -0.25) is 4.79 Å². The van der Waals surface area contributed by atoms with Crippen molar-refractivity contribution < 1.29 is 9.21 Å². The van der Waals surface area contributed by atoms with Gasteiger partial charge >= 0.3 is 5.63 Å². The second-order valence-corrected chi connectivity index (χ2v) is 9.34. The standard InChI is InChI=1S/C25H27ClN4O3/c1-15-22(29-11-9-28(2)10-12-29)6-4-18-17-7-8-30(14-19(17)25(32)33-23(15)18)24(31)16-3-5-21(27)20(26)13-16/h3-6,13H,7-12,14,27H2,1-2H3. The monoisotopic (exact) mass is 466 g/mol. The highest BCUT2D eigenvalue weighted by molar-refractivity contribution is 6.33. The third-order valence-corrected chi connectivity index (χ3v) is 7.19. The lowest BCUT2D eigenvalue weighted by atomic mass is 9.95. The van der Waals surface area contributed by atoms with Crippen molar-refractivity contribution in [1.29, 1.82) is 0 Å². The Balaban J connectivity index is 1.48. The van der Waals surface area contributed by atoms with Crippen LogP contribution in [0.5, 0.6) is 0 Å². The van der Waals surface area contributed by atoms with E-state index in [4.69, 9.17) is 21.8 Å². The Hall–Kier alpha value is -3.03. The van der Waals surface area contributed by atoms with Crippen LogP contribution < -0.4 is 16.3 Å². The summed E-state index contributed by atoms with van der Waals surface area (Å²) in [6.07, 6.45) is 0.596. The molecule has 0 spiro atoms. The first-order valence-electron chi connectivity index (χ1n) is 11.2. The topological polar surface area (TPSA) is 83.0 Å². The second-order valence-electron chi connectivity index (χ2n) is 8.94. The highest BCUT2D eigenvalue weighted by Crippen LogP contribution is 2.33. The molecule has 33 heavy (non-hydrogen) atoms. The van der Waals surface area contributed by atoms with Crippen LogP contribution >= 0.6 is 11.6 Å². The Bertz CT molecular complexity index is 1310. The number of benzene rings is 2. The fourth-order valence-electron chi connectivity index (χ4n) is 4.86. The molecule has 7 nitrogen and oxygen atoms in total. The summed E-state index contributed by atoms with van der Waals surface area (Å²) < 4.78 is 5.84. The molecule has 2 N–H and O–H groups in total.